The van der Waals surface area contributed by atoms with Crippen molar-refractivity contribution >= 4 is 40.5 Å². The summed E-state index contributed by atoms with van der Waals surface area (Å²) in [6.45, 7) is 0.0159. The van der Waals surface area contributed by atoms with Gasteiger partial charge in [0.1, 0.15) is 6.61 Å². The fourth-order valence-corrected chi connectivity index (χ4v) is 2.02. The summed E-state index contributed by atoms with van der Waals surface area (Å²) < 4.78 is 5.17. The van der Waals surface area contributed by atoms with Crippen LogP contribution in [0.4, 0.5) is 11.4 Å². The summed E-state index contributed by atoms with van der Waals surface area (Å²) in [5, 5.41) is 0.777. The maximum absolute atomic E-state index is 11.9. The Morgan fingerprint density at radius 2 is 1.90 bits per heavy atom. The minimum Gasteiger partial charge on any atom is -0.457 e. The topological polar surface area (TPSA) is 78.3 Å². The van der Waals surface area contributed by atoms with Crippen LogP contribution in [0, 0.1) is 0 Å². The van der Waals surface area contributed by atoms with Crippen LogP contribution in [0.2, 0.25) is 10.0 Å². The summed E-state index contributed by atoms with van der Waals surface area (Å²) in [7, 11) is 0. The number of nitrogen functional groups attached to an aromatic ring is 2. The molecule has 0 aliphatic heterocycles. The predicted octanol–water partition coefficient (Wildman–Crippen LogP) is 3.51. The second-order valence-electron chi connectivity index (χ2n) is 4.14. The van der Waals surface area contributed by atoms with Crippen molar-refractivity contribution < 1.29 is 9.53 Å². The molecule has 0 saturated heterocycles. The van der Waals surface area contributed by atoms with Gasteiger partial charge in [-0.1, -0.05) is 35.3 Å². The highest BCUT2D eigenvalue weighted by atomic mass is 35.5. The van der Waals surface area contributed by atoms with Gasteiger partial charge in [0.15, 0.2) is 0 Å². The van der Waals surface area contributed by atoms with Crippen LogP contribution in [-0.2, 0) is 11.3 Å². The number of ether oxygens (including phenoxy) is 1. The lowest BCUT2D eigenvalue weighted by molar-refractivity contribution is 0.0474. The lowest BCUT2D eigenvalue weighted by atomic mass is 10.1. The number of hydrogen-bond donors (Lipinski definition) is 2. The van der Waals surface area contributed by atoms with Gasteiger partial charge in [-0.05, 0) is 24.3 Å². The van der Waals surface area contributed by atoms with E-state index in [-0.39, 0.29) is 17.9 Å². The minimum absolute atomic E-state index is 0.0159. The lowest BCUT2D eigenvalue weighted by Crippen LogP contribution is -2.09. The number of hydrogen-bond acceptors (Lipinski definition) is 4. The highest BCUT2D eigenvalue weighted by Gasteiger charge is 2.13. The zero-order valence-electron chi connectivity index (χ0n) is 10.4. The molecule has 0 spiro atoms. The van der Waals surface area contributed by atoms with Crippen molar-refractivity contribution in [3.63, 3.8) is 0 Å². The van der Waals surface area contributed by atoms with Gasteiger partial charge in [0.2, 0.25) is 0 Å². The molecule has 0 heterocycles. The molecule has 0 atom stereocenters. The smallest absolute Gasteiger partial charge is 0.340 e. The van der Waals surface area contributed by atoms with Crippen molar-refractivity contribution in [1.29, 1.82) is 0 Å². The Balaban J connectivity index is 2.11. The van der Waals surface area contributed by atoms with Gasteiger partial charge < -0.3 is 16.2 Å². The molecule has 2 rings (SSSR count). The van der Waals surface area contributed by atoms with E-state index in [0.29, 0.717) is 21.3 Å². The molecule has 2 aromatic rings. The molecule has 0 amide bonds. The van der Waals surface area contributed by atoms with E-state index in [1.807, 2.05) is 0 Å². The first-order valence-electron chi connectivity index (χ1n) is 5.74. The molecule has 4 nitrogen and oxygen atoms in total. The number of benzene rings is 2. The first-order valence-corrected chi connectivity index (χ1v) is 6.49. The summed E-state index contributed by atoms with van der Waals surface area (Å²) in [6.07, 6.45) is 0. The third-order valence-corrected chi connectivity index (χ3v) is 3.54. The van der Waals surface area contributed by atoms with Crippen molar-refractivity contribution in [1.82, 2.24) is 0 Å². The van der Waals surface area contributed by atoms with E-state index in [2.05, 4.69) is 0 Å². The zero-order chi connectivity index (χ0) is 14.7. The van der Waals surface area contributed by atoms with Crippen molar-refractivity contribution in [3.8, 4) is 0 Å². The summed E-state index contributed by atoms with van der Waals surface area (Å²) in [6, 6.07) is 9.73. The van der Waals surface area contributed by atoms with Crippen LogP contribution >= 0.6 is 23.2 Å². The Morgan fingerprint density at radius 1 is 1.15 bits per heavy atom. The number of rotatable bonds is 3. The first kappa shape index (κ1) is 14.5. The molecule has 20 heavy (non-hydrogen) atoms. The first-order chi connectivity index (χ1) is 9.49. The molecule has 6 heteroatoms. The number of esters is 1. The predicted molar refractivity (Wildman–Crippen MR) is 80.8 cm³/mol. The van der Waals surface area contributed by atoms with Gasteiger partial charge in [0.05, 0.1) is 15.6 Å². The highest BCUT2D eigenvalue weighted by Crippen LogP contribution is 2.26. The van der Waals surface area contributed by atoms with Crippen molar-refractivity contribution in [2.24, 2.45) is 0 Å². The van der Waals surface area contributed by atoms with Crippen molar-refractivity contribution in [2.75, 3.05) is 11.5 Å². The Bertz CT molecular complexity index is 660. The molecule has 0 aliphatic rings. The van der Waals surface area contributed by atoms with Crippen LogP contribution in [-0.4, -0.2) is 5.97 Å². The van der Waals surface area contributed by atoms with Crippen molar-refractivity contribution in [3.05, 3.63) is 57.6 Å². The normalized spacial score (nSPS) is 10.3. The maximum Gasteiger partial charge on any atom is 0.340 e. The molecular weight excluding hydrogens is 299 g/mol. The zero-order valence-corrected chi connectivity index (χ0v) is 11.9. The summed E-state index contributed by atoms with van der Waals surface area (Å²) in [5.41, 5.74) is 12.9. The average molecular weight is 311 g/mol. The average Bonchev–Trinajstić information content (AvgIpc) is 2.40. The summed E-state index contributed by atoms with van der Waals surface area (Å²) >= 11 is 11.9. The second-order valence-corrected chi connectivity index (χ2v) is 4.92. The van der Waals surface area contributed by atoms with Gasteiger partial charge in [-0.2, -0.15) is 0 Å². The van der Waals surface area contributed by atoms with Gasteiger partial charge in [-0.15, -0.1) is 0 Å². The van der Waals surface area contributed by atoms with Crippen molar-refractivity contribution in [2.45, 2.75) is 6.61 Å². The summed E-state index contributed by atoms with van der Waals surface area (Å²) in [4.78, 5) is 11.9. The van der Waals surface area contributed by atoms with E-state index < -0.39 is 5.97 Å². The molecule has 0 radical (unpaired) electrons. The Labute approximate surface area is 126 Å². The van der Waals surface area contributed by atoms with E-state index in [4.69, 9.17) is 39.4 Å². The molecule has 2 aromatic carbocycles. The Morgan fingerprint density at radius 3 is 2.60 bits per heavy atom. The van der Waals surface area contributed by atoms with Gasteiger partial charge in [0, 0.05) is 16.9 Å². The molecule has 0 aromatic heterocycles. The van der Waals surface area contributed by atoms with Gasteiger partial charge in [-0.3, -0.25) is 0 Å². The van der Waals surface area contributed by atoms with Gasteiger partial charge >= 0.3 is 5.97 Å². The van der Waals surface area contributed by atoms with Crippen LogP contribution in [0.15, 0.2) is 36.4 Å². The molecule has 0 unspecified atom stereocenters. The molecule has 0 fully saturated rings. The molecule has 4 N–H and O–H groups in total. The number of carbonyl (C=O) groups excluding carboxylic acids is 1. The SMILES string of the molecule is Nc1ccc(C(=O)OCc2cccc(Cl)c2Cl)c(N)c1. The Kier molecular flexibility index (Phi) is 4.37. The number of anilines is 2. The van der Waals surface area contributed by atoms with E-state index in [1.54, 1.807) is 24.3 Å². The fraction of sp³-hybridized carbons (Fsp3) is 0.0714. The third kappa shape index (κ3) is 3.15. The van der Waals surface area contributed by atoms with E-state index in [9.17, 15) is 4.79 Å². The largest absolute Gasteiger partial charge is 0.457 e. The lowest BCUT2D eigenvalue weighted by Gasteiger charge is -2.09. The maximum atomic E-state index is 11.9. The van der Waals surface area contributed by atoms with Crippen LogP contribution in [0.5, 0.6) is 0 Å². The highest BCUT2D eigenvalue weighted by molar-refractivity contribution is 6.42. The van der Waals surface area contributed by atoms with Crippen LogP contribution in [0.3, 0.4) is 0 Å². The van der Waals surface area contributed by atoms with E-state index in [0.717, 1.165) is 0 Å². The fourth-order valence-electron chi connectivity index (χ4n) is 1.65. The van der Waals surface area contributed by atoms with Crippen LogP contribution in [0.1, 0.15) is 15.9 Å². The van der Waals surface area contributed by atoms with E-state index in [1.165, 1.54) is 12.1 Å². The van der Waals surface area contributed by atoms with Crippen LogP contribution < -0.4 is 11.5 Å². The molecule has 0 aliphatic carbocycles. The molecular formula is C14H12Cl2N2O2. The molecule has 0 bridgehead atoms. The van der Waals surface area contributed by atoms with E-state index >= 15 is 0 Å². The third-order valence-electron chi connectivity index (χ3n) is 2.69. The van der Waals surface area contributed by atoms with Crippen LogP contribution in [0.25, 0.3) is 0 Å². The minimum atomic E-state index is -0.543. The second kappa shape index (κ2) is 6.03. The Hall–Kier alpha value is -1.91. The number of nitrogens with two attached hydrogens (primary N) is 2. The molecule has 104 valence electrons. The number of halogens is 2. The summed E-state index contributed by atoms with van der Waals surface area (Å²) in [5.74, 6) is -0.543. The number of carbonyl (C=O) groups is 1. The quantitative estimate of drug-likeness (QED) is 0.671. The van der Waals surface area contributed by atoms with Gasteiger partial charge in [0.25, 0.3) is 0 Å². The monoisotopic (exact) mass is 310 g/mol. The standard InChI is InChI=1S/C14H12Cl2N2O2/c15-11-3-1-2-8(13(11)16)7-20-14(19)10-5-4-9(17)6-12(10)18/h1-6H,7,17-18H2. The molecule has 0 saturated carbocycles. The van der Waals surface area contributed by atoms with Gasteiger partial charge in [-0.25, -0.2) is 4.79 Å².